The van der Waals surface area contributed by atoms with Gasteiger partial charge in [0.25, 0.3) is 0 Å². The van der Waals surface area contributed by atoms with E-state index in [0.717, 1.165) is 23.7 Å². The van der Waals surface area contributed by atoms with Crippen LogP contribution in [0.15, 0.2) is 30.2 Å². The van der Waals surface area contributed by atoms with E-state index in [-0.39, 0.29) is 5.44 Å². The number of aromatic nitrogens is 2. The van der Waals surface area contributed by atoms with Gasteiger partial charge >= 0.3 is 0 Å². The molecule has 2 atom stereocenters. The fourth-order valence-electron chi connectivity index (χ4n) is 2.84. The smallest absolute Gasteiger partial charge is 0.162 e. The molecule has 1 aliphatic carbocycles. The molecule has 2 aliphatic rings. The second kappa shape index (κ2) is 4.90. The summed E-state index contributed by atoms with van der Waals surface area (Å²) in [7, 11) is 0. The molecule has 0 radical (unpaired) electrons. The highest BCUT2D eigenvalue weighted by molar-refractivity contribution is 8.29. The summed E-state index contributed by atoms with van der Waals surface area (Å²) in [6.07, 6.45) is 11.4. The van der Waals surface area contributed by atoms with Gasteiger partial charge in [-0.25, -0.2) is 9.98 Å². The van der Waals surface area contributed by atoms with Crippen molar-refractivity contribution < 1.29 is 5.11 Å². The van der Waals surface area contributed by atoms with Crippen LogP contribution in [0.25, 0.3) is 0 Å². The summed E-state index contributed by atoms with van der Waals surface area (Å²) in [5.41, 5.74) is -0.313. The lowest BCUT2D eigenvalue weighted by Crippen LogP contribution is -2.26. The topological polar surface area (TPSA) is 50.4 Å². The molecular formula is C13H19N3OS. The zero-order chi connectivity index (χ0) is 12.5. The van der Waals surface area contributed by atoms with Crippen LogP contribution in [-0.4, -0.2) is 24.5 Å². The summed E-state index contributed by atoms with van der Waals surface area (Å²) in [4.78, 5) is 8.61. The van der Waals surface area contributed by atoms with Crippen molar-refractivity contribution in [3.05, 3.63) is 25.2 Å². The lowest BCUT2D eigenvalue weighted by Gasteiger charge is -2.33. The first-order valence-corrected chi connectivity index (χ1v) is 7.88. The first kappa shape index (κ1) is 12.0. The molecule has 0 amide bonds. The highest BCUT2D eigenvalue weighted by atomic mass is 32.2. The van der Waals surface area contributed by atoms with Crippen LogP contribution in [-0.2, 0) is 0 Å². The molecule has 0 bridgehead atoms. The molecule has 1 aromatic heterocycles. The quantitative estimate of drug-likeness (QED) is 0.826. The number of hydrogen-bond acceptors (Lipinski definition) is 3. The molecule has 4 nitrogen and oxygen atoms in total. The van der Waals surface area contributed by atoms with Crippen molar-refractivity contribution in [1.82, 2.24) is 8.96 Å². The van der Waals surface area contributed by atoms with Crippen LogP contribution in [0.5, 0.6) is 0 Å². The Balaban J connectivity index is 1.86. The SMILES string of the molecule is C=CC1=Nc2cncn2[SH]1[C@H](O)C1CCCCC1. The van der Waals surface area contributed by atoms with Crippen molar-refractivity contribution in [2.24, 2.45) is 10.9 Å². The van der Waals surface area contributed by atoms with Crippen LogP contribution >= 0.6 is 11.1 Å². The van der Waals surface area contributed by atoms with E-state index in [2.05, 4.69) is 16.6 Å². The standard InChI is InChI=1S/C13H19N3OS/c1-2-12-15-11-8-14-9-16(11)18(12)13(17)10-6-4-3-5-7-10/h2,8-10,13,17-18H,1,3-7H2/t13-/m0/s1. The number of aliphatic imine (C=N–C) groups is 1. The highest BCUT2D eigenvalue weighted by Gasteiger charge is 2.33. The maximum absolute atomic E-state index is 10.7. The number of thiol groups is 1. The number of fused-ring (bicyclic) bond motifs is 1. The van der Waals surface area contributed by atoms with Crippen LogP contribution in [0.2, 0.25) is 0 Å². The third-order valence-corrected chi connectivity index (χ3v) is 6.25. The van der Waals surface area contributed by atoms with Crippen LogP contribution in [0.1, 0.15) is 32.1 Å². The molecule has 5 heteroatoms. The normalized spacial score (nSPS) is 27.6. The second-order valence-corrected chi connectivity index (χ2v) is 7.03. The molecule has 1 fully saturated rings. The van der Waals surface area contributed by atoms with Gasteiger partial charge in [-0.15, -0.1) is 0 Å². The van der Waals surface area contributed by atoms with E-state index in [9.17, 15) is 5.11 Å². The zero-order valence-electron chi connectivity index (χ0n) is 10.4. The average Bonchev–Trinajstić information content (AvgIpc) is 2.98. The minimum Gasteiger partial charge on any atom is -0.382 e. The highest BCUT2D eigenvalue weighted by Crippen LogP contribution is 2.48. The van der Waals surface area contributed by atoms with Crippen molar-refractivity contribution in [3.8, 4) is 0 Å². The molecule has 0 saturated heterocycles. The summed E-state index contributed by atoms with van der Waals surface area (Å²) in [6.45, 7) is 3.82. The second-order valence-electron chi connectivity index (χ2n) is 4.93. The van der Waals surface area contributed by atoms with Crippen LogP contribution in [0.4, 0.5) is 5.82 Å². The molecule has 3 rings (SSSR count). The van der Waals surface area contributed by atoms with Crippen molar-refractivity contribution in [2.45, 2.75) is 37.5 Å². The lowest BCUT2D eigenvalue weighted by atomic mass is 9.90. The van der Waals surface area contributed by atoms with Gasteiger partial charge in [-0.2, -0.15) is 0 Å². The zero-order valence-corrected chi connectivity index (χ0v) is 11.3. The van der Waals surface area contributed by atoms with Gasteiger partial charge in [0.2, 0.25) is 0 Å². The Morgan fingerprint density at radius 3 is 2.94 bits per heavy atom. The van der Waals surface area contributed by atoms with E-state index < -0.39 is 11.1 Å². The summed E-state index contributed by atoms with van der Waals surface area (Å²) in [5, 5.41) is 11.6. The Labute approximate surface area is 110 Å². The number of aliphatic hydroxyl groups excluding tert-OH is 1. The molecule has 18 heavy (non-hydrogen) atoms. The van der Waals surface area contributed by atoms with E-state index in [1.807, 2.05) is 3.97 Å². The third kappa shape index (κ3) is 1.91. The Morgan fingerprint density at radius 2 is 2.22 bits per heavy atom. The molecule has 2 heterocycles. The summed E-state index contributed by atoms with van der Waals surface area (Å²) >= 11 is -0.830. The number of aliphatic hydroxyl groups is 1. The first-order valence-electron chi connectivity index (χ1n) is 6.52. The number of hydrogen-bond donors (Lipinski definition) is 2. The van der Waals surface area contributed by atoms with Crippen molar-refractivity contribution in [2.75, 3.05) is 0 Å². The van der Waals surface area contributed by atoms with Crippen LogP contribution < -0.4 is 0 Å². The fraction of sp³-hybridized carbons (Fsp3) is 0.538. The van der Waals surface area contributed by atoms with Gasteiger partial charge in [0.1, 0.15) is 11.8 Å². The van der Waals surface area contributed by atoms with Gasteiger partial charge in [0.15, 0.2) is 5.82 Å². The Morgan fingerprint density at radius 1 is 1.44 bits per heavy atom. The van der Waals surface area contributed by atoms with Gasteiger partial charge in [0, 0.05) is 0 Å². The van der Waals surface area contributed by atoms with Gasteiger partial charge in [0.05, 0.1) is 11.2 Å². The molecule has 0 spiro atoms. The maximum atomic E-state index is 10.7. The van der Waals surface area contributed by atoms with E-state index in [1.54, 1.807) is 18.6 Å². The van der Waals surface area contributed by atoms with Crippen LogP contribution in [0, 0.1) is 5.92 Å². The third-order valence-electron chi connectivity index (χ3n) is 3.80. The number of imidazole rings is 1. The van der Waals surface area contributed by atoms with E-state index in [0.29, 0.717) is 5.92 Å². The molecule has 1 N–H and O–H groups in total. The van der Waals surface area contributed by atoms with Gasteiger partial charge in [-0.3, -0.25) is 3.97 Å². The largest absolute Gasteiger partial charge is 0.382 e. The van der Waals surface area contributed by atoms with Gasteiger partial charge in [-0.05, 0) is 24.8 Å². The first-order chi connectivity index (χ1) is 8.81. The Bertz CT molecular complexity index is 476. The van der Waals surface area contributed by atoms with Crippen molar-refractivity contribution >= 4 is 21.9 Å². The fourth-order valence-corrected chi connectivity index (χ4v) is 5.16. The summed E-state index contributed by atoms with van der Waals surface area (Å²) in [6, 6.07) is 0. The van der Waals surface area contributed by atoms with E-state index >= 15 is 0 Å². The predicted molar refractivity (Wildman–Crippen MR) is 76.5 cm³/mol. The molecular weight excluding hydrogens is 246 g/mol. The van der Waals surface area contributed by atoms with Crippen molar-refractivity contribution in [1.29, 1.82) is 0 Å². The Kier molecular flexibility index (Phi) is 3.26. The molecule has 1 aromatic rings. The summed E-state index contributed by atoms with van der Waals surface area (Å²) in [5.74, 6) is 1.26. The van der Waals surface area contributed by atoms with E-state index in [4.69, 9.17) is 0 Å². The minimum atomic E-state index is -0.830. The average molecular weight is 265 g/mol. The lowest BCUT2D eigenvalue weighted by molar-refractivity contribution is 0.158. The van der Waals surface area contributed by atoms with Gasteiger partial charge in [-0.1, -0.05) is 36.9 Å². The molecule has 1 aliphatic heterocycles. The summed E-state index contributed by atoms with van der Waals surface area (Å²) < 4.78 is 2.03. The molecule has 1 unspecified atom stereocenters. The van der Waals surface area contributed by atoms with Crippen molar-refractivity contribution in [3.63, 3.8) is 0 Å². The molecule has 98 valence electrons. The van der Waals surface area contributed by atoms with Gasteiger partial charge < -0.3 is 5.11 Å². The molecule has 0 aromatic carbocycles. The maximum Gasteiger partial charge on any atom is 0.162 e. The Hall–Kier alpha value is -1.07. The number of nitrogens with zero attached hydrogens (tertiary/aromatic N) is 3. The molecule has 1 saturated carbocycles. The number of rotatable bonds is 3. The van der Waals surface area contributed by atoms with E-state index in [1.165, 1.54) is 19.3 Å². The minimum absolute atomic E-state index is 0.313. The predicted octanol–water partition coefficient (Wildman–Crippen LogP) is 2.78. The monoisotopic (exact) mass is 265 g/mol. The van der Waals surface area contributed by atoms with Crippen LogP contribution in [0.3, 0.4) is 0 Å².